The van der Waals surface area contributed by atoms with E-state index in [9.17, 15) is 4.79 Å². The zero-order valence-electron chi connectivity index (χ0n) is 16.1. The summed E-state index contributed by atoms with van der Waals surface area (Å²) in [6.07, 6.45) is 2.06. The number of aryl methyl sites for hydroxylation is 1. The fraction of sp³-hybridized carbons (Fsp3) is 0.450. The second-order valence-electron chi connectivity index (χ2n) is 6.18. The molecule has 6 nitrogen and oxygen atoms in total. The van der Waals surface area contributed by atoms with E-state index in [1.165, 1.54) is 0 Å². The maximum Gasteiger partial charge on any atom is 0.270 e. The Balaban J connectivity index is 2.09. The summed E-state index contributed by atoms with van der Waals surface area (Å²) >= 11 is 0. The Labute approximate surface area is 155 Å². The lowest BCUT2D eigenvalue weighted by atomic mass is 10.2. The first-order valence-corrected chi connectivity index (χ1v) is 9.09. The summed E-state index contributed by atoms with van der Waals surface area (Å²) in [5.41, 5.74) is 1.40. The Hall–Kier alpha value is -2.63. The van der Waals surface area contributed by atoms with Crippen LogP contribution in [-0.4, -0.2) is 36.1 Å². The number of nitrogens with one attached hydrogen (secondary N) is 1. The molecule has 1 aromatic heterocycles. The molecule has 26 heavy (non-hydrogen) atoms. The Morgan fingerprint density at radius 3 is 2.35 bits per heavy atom. The van der Waals surface area contributed by atoms with Crippen LogP contribution in [0.4, 0.5) is 5.82 Å². The van der Waals surface area contributed by atoms with Crippen LogP contribution in [-0.2, 0) is 6.54 Å². The first-order valence-electron chi connectivity index (χ1n) is 9.09. The monoisotopic (exact) mass is 356 g/mol. The van der Waals surface area contributed by atoms with Crippen LogP contribution in [0.5, 0.6) is 5.75 Å². The predicted octanol–water partition coefficient (Wildman–Crippen LogP) is 3.35. The third kappa shape index (κ3) is 5.44. The van der Waals surface area contributed by atoms with Crippen LogP contribution < -0.4 is 15.0 Å². The summed E-state index contributed by atoms with van der Waals surface area (Å²) in [6.45, 7) is 8.36. The Kier molecular flexibility index (Phi) is 7.38. The lowest BCUT2D eigenvalue weighted by molar-refractivity contribution is 0.0945. The quantitative estimate of drug-likeness (QED) is 0.746. The van der Waals surface area contributed by atoms with E-state index in [2.05, 4.69) is 34.0 Å². The Bertz CT molecular complexity index is 710. The molecule has 0 aliphatic rings. The average Bonchev–Trinajstić information content (AvgIpc) is 2.65. The number of nitrogens with zero attached hydrogens (tertiary/aromatic N) is 3. The van der Waals surface area contributed by atoms with Crippen LogP contribution in [0.15, 0.2) is 30.3 Å². The second-order valence-corrected chi connectivity index (χ2v) is 6.18. The minimum absolute atomic E-state index is 0.194. The average molecular weight is 356 g/mol. The molecule has 1 heterocycles. The van der Waals surface area contributed by atoms with Gasteiger partial charge in [0.15, 0.2) is 0 Å². The summed E-state index contributed by atoms with van der Waals surface area (Å²) in [7, 11) is 1.63. The molecular weight excluding hydrogens is 328 g/mol. The van der Waals surface area contributed by atoms with E-state index in [-0.39, 0.29) is 5.91 Å². The van der Waals surface area contributed by atoms with Crippen LogP contribution in [0.3, 0.4) is 0 Å². The molecule has 0 unspecified atom stereocenters. The van der Waals surface area contributed by atoms with Gasteiger partial charge in [-0.1, -0.05) is 26.0 Å². The third-order valence-electron chi connectivity index (χ3n) is 3.98. The molecule has 0 saturated carbocycles. The van der Waals surface area contributed by atoms with Crippen molar-refractivity contribution in [2.75, 3.05) is 25.1 Å². The summed E-state index contributed by atoms with van der Waals surface area (Å²) < 4.78 is 5.14. The van der Waals surface area contributed by atoms with E-state index in [1.54, 1.807) is 13.2 Å². The number of ether oxygens (including phenoxy) is 1. The van der Waals surface area contributed by atoms with Crippen molar-refractivity contribution in [2.45, 2.75) is 40.2 Å². The zero-order valence-corrected chi connectivity index (χ0v) is 16.1. The van der Waals surface area contributed by atoms with Gasteiger partial charge in [0.25, 0.3) is 5.91 Å². The van der Waals surface area contributed by atoms with Gasteiger partial charge in [0, 0.05) is 25.7 Å². The second kappa shape index (κ2) is 9.75. The van der Waals surface area contributed by atoms with Gasteiger partial charge >= 0.3 is 0 Å². The van der Waals surface area contributed by atoms with E-state index in [0.717, 1.165) is 43.1 Å². The molecule has 0 spiro atoms. The summed E-state index contributed by atoms with van der Waals surface area (Å²) in [6, 6.07) is 9.39. The predicted molar refractivity (Wildman–Crippen MR) is 104 cm³/mol. The number of rotatable bonds is 9. The van der Waals surface area contributed by atoms with E-state index in [0.29, 0.717) is 18.1 Å². The van der Waals surface area contributed by atoms with Gasteiger partial charge in [-0.3, -0.25) is 4.79 Å². The normalized spacial score (nSPS) is 10.5. The molecule has 0 aliphatic carbocycles. The van der Waals surface area contributed by atoms with Crippen LogP contribution in [0.1, 0.15) is 48.6 Å². The summed E-state index contributed by atoms with van der Waals surface area (Å²) in [4.78, 5) is 23.6. The molecule has 2 aromatic rings. The number of aromatic nitrogens is 2. The molecule has 1 aromatic carbocycles. The van der Waals surface area contributed by atoms with Gasteiger partial charge in [0.2, 0.25) is 0 Å². The van der Waals surface area contributed by atoms with Gasteiger partial charge < -0.3 is 15.0 Å². The minimum Gasteiger partial charge on any atom is -0.497 e. The molecule has 0 fully saturated rings. The SMILES string of the molecule is CCCN(CCC)c1cc(C(=O)NCc2ccc(OC)cc2)nc(C)n1. The topological polar surface area (TPSA) is 67.4 Å². The van der Waals surface area contributed by atoms with Gasteiger partial charge in [0.05, 0.1) is 7.11 Å². The van der Waals surface area contributed by atoms with Crippen molar-refractivity contribution in [1.29, 1.82) is 0 Å². The van der Waals surface area contributed by atoms with E-state index < -0.39 is 0 Å². The Morgan fingerprint density at radius 2 is 1.77 bits per heavy atom. The zero-order chi connectivity index (χ0) is 18.9. The number of amides is 1. The molecule has 0 radical (unpaired) electrons. The van der Waals surface area contributed by atoms with Crippen molar-refractivity contribution in [1.82, 2.24) is 15.3 Å². The molecule has 6 heteroatoms. The first-order chi connectivity index (χ1) is 12.6. The highest BCUT2D eigenvalue weighted by atomic mass is 16.5. The number of methoxy groups -OCH3 is 1. The van der Waals surface area contributed by atoms with Gasteiger partial charge in [-0.2, -0.15) is 0 Å². The van der Waals surface area contributed by atoms with E-state index >= 15 is 0 Å². The van der Waals surface area contributed by atoms with Crippen LogP contribution in [0.25, 0.3) is 0 Å². The van der Waals surface area contributed by atoms with Gasteiger partial charge in [-0.05, 0) is 37.5 Å². The van der Waals surface area contributed by atoms with Gasteiger partial charge in [0.1, 0.15) is 23.1 Å². The highest BCUT2D eigenvalue weighted by molar-refractivity contribution is 5.92. The van der Waals surface area contributed by atoms with Crippen molar-refractivity contribution >= 4 is 11.7 Å². The maximum atomic E-state index is 12.5. The van der Waals surface area contributed by atoms with Gasteiger partial charge in [-0.25, -0.2) is 9.97 Å². The van der Waals surface area contributed by atoms with Gasteiger partial charge in [-0.15, -0.1) is 0 Å². The van der Waals surface area contributed by atoms with E-state index in [4.69, 9.17) is 4.74 Å². The highest BCUT2D eigenvalue weighted by Gasteiger charge is 2.14. The van der Waals surface area contributed by atoms with Crippen molar-refractivity contribution in [2.24, 2.45) is 0 Å². The van der Waals surface area contributed by atoms with Crippen molar-refractivity contribution in [3.05, 3.63) is 47.4 Å². The molecular formula is C20H28N4O2. The standard InChI is InChI=1S/C20H28N4O2/c1-5-11-24(12-6-2)19-13-18(22-15(3)23-19)20(25)21-14-16-7-9-17(26-4)10-8-16/h7-10,13H,5-6,11-12,14H2,1-4H3,(H,21,25). The molecule has 0 atom stereocenters. The molecule has 2 rings (SSSR count). The van der Waals surface area contributed by atoms with Crippen LogP contribution in [0, 0.1) is 6.92 Å². The number of benzene rings is 1. The molecule has 0 bridgehead atoms. The highest BCUT2D eigenvalue weighted by Crippen LogP contribution is 2.15. The lowest BCUT2D eigenvalue weighted by Crippen LogP contribution is -2.28. The number of hydrogen-bond donors (Lipinski definition) is 1. The van der Waals surface area contributed by atoms with Crippen LogP contribution in [0.2, 0.25) is 0 Å². The largest absolute Gasteiger partial charge is 0.497 e. The Morgan fingerprint density at radius 1 is 1.12 bits per heavy atom. The molecule has 0 saturated heterocycles. The molecule has 0 aliphatic heterocycles. The molecule has 1 amide bonds. The molecule has 140 valence electrons. The number of carbonyl (C=O) groups is 1. The third-order valence-corrected chi connectivity index (χ3v) is 3.98. The summed E-state index contributed by atoms with van der Waals surface area (Å²) in [5.74, 6) is 2.02. The van der Waals surface area contributed by atoms with Crippen molar-refractivity contribution in [3.63, 3.8) is 0 Å². The fourth-order valence-electron chi connectivity index (χ4n) is 2.73. The van der Waals surface area contributed by atoms with Crippen molar-refractivity contribution < 1.29 is 9.53 Å². The maximum absolute atomic E-state index is 12.5. The fourth-order valence-corrected chi connectivity index (χ4v) is 2.73. The number of hydrogen-bond acceptors (Lipinski definition) is 5. The number of anilines is 1. The lowest BCUT2D eigenvalue weighted by Gasteiger charge is -2.23. The summed E-state index contributed by atoms with van der Waals surface area (Å²) in [5, 5.41) is 2.92. The van der Waals surface area contributed by atoms with Crippen LogP contribution >= 0.6 is 0 Å². The molecule has 1 N–H and O–H groups in total. The number of carbonyl (C=O) groups excluding carboxylic acids is 1. The first kappa shape index (κ1) is 19.7. The van der Waals surface area contributed by atoms with E-state index in [1.807, 2.05) is 31.2 Å². The van der Waals surface area contributed by atoms with Crippen molar-refractivity contribution in [3.8, 4) is 5.75 Å². The smallest absolute Gasteiger partial charge is 0.270 e. The minimum atomic E-state index is -0.194.